The number of thiazole rings is 1. The van der Waals surface area contributed by atoms with Gasteiger partial charge in [0, 0.05) is 18.0 Å². The summed E-state index contributed by atoms with van der Waals surface area (Å²) < 4.78 is 0. The molecular weight excluding hydrogens is 206 g/mol. The lowest BCUT2D eigenvalue weighted by atomic mass is 10.3. The van der Waals surface area contributed by atoms with Crippen LogP contribution < -0.4 is 5.73 Å². The minimum Gasteiger partial charge on any atom is -0.322 e. The third-order valence-electron chi connectivity index (χ3n) is 2.79. The van der Waals surface area contributed by atoms with Crippen LogP contribution in [0.3, 0.4) is 0 Å². The van der Waals surface area contributed by atoms with Gasteiger partial charge in [-0.05, 0) is 26.3 Å². The average molecular weight is 225 g/mol. The molecule has 1 aliphatic carbocycles. The predicted octanol–water partition coefficient (Wildman–Crippen LogP) is 2.15. The molecule has 0 aromatic carbocycles. The number of hydrogen-bond donors (Lipinski definition) is 1. The molecule has 0 spiro atoms. The molecule has 1 fully saturated rings. The van der Waals surface area contributed by atoms with Gasteiger partial charge < -0.3 is 5.73 Å². The molecule has 0 bridgehead atoms. The molecular formula is C11H19N3S. The van der Waals surface area contributed by atoms with E-state index in [0.717, 1.165) is 24.1 Å². The van der Waals surface area contributed by atoms with E-state index in [1.54, 1.807) is 11.3 Å². The van der Waals surface area contributed by atoms with Gasteiger partial charge in [0.1, 0.15) is 5.01 Å². The number of nitrogens with two attached hydrogens (primary N) is 1. The summed E-state index contributed by atoms with van der Waals surface area (Å²) in [6.07, 6.45) is 2.72. The summed E-state index contributed by atoms with van der Waals surface area (Å²) in [6.45, 7) is 6.32. The minimum absolute atomic E-state index is 0.0692. The maximum Gasteiger partial charge on any atom is 0.109 e. The lowest BCUT2D eigenvalue weighted by molar-refractivity contribution is 0.266. The Bertz CT molecular complexity index is 317. The lowest BCUT2D eigenvalue weighted by Crippen LogP contribution is -2.25. The Balaban J connectivity index is 1.96. The fourth-order valence-corrected chi connectivity index (χ4v) is 2.52. The van der Waals surface area contributed by atoms with E-state index in [2.05, 4.69) is 22.2 Å². The van der Waals surface area contributed by atoms with Crippen molar-refractivity contribution in [1.29, 1.82) is 0 Å². The van der Waals surface area contributed by atoms with Crippen LogP contribution in [0.2, 0.25) is 0 Å². The average Bonchev–Trinajstić information content (AvgIpc) is 2.94. The first-order valence-electron chi connectivity index (χ1n) is 5.64. The Morgan fingerprint density at radius 1 is 1.67 bits per heavy atom. The van der Waals surface area contributed by atoms with E-state index in [1.165, 1.54) is 18.5 Å². The quantitative estimate of drug-likeness (QED) is 0.835. The fraction of sp³-hybridized carbons (Fsp3) is 0.727. The molecule has 1 atom stereocenters. The highest BCUT2D eigenvalue weighted by Crippen LogP contribution is 2.28. The van der Waals surface area contributed by atoms with Crippen LogP contribution in [0.1, 0.15) is 43.4 Å². The SMILES string of the molecule is CCN(Cc1csc(C(C)N)n1)C1CC1. The molecule has 0 saturated heterocycles. The highest BCUT2D eigenvalue weighted by molar-refractivity contribution is 7.09. The zero-order valence-electron chi connectivity index (χ0n) is 9.44. The number of rotatable bonds is 5. The van der Waals surface area contributed by atoms with Crippen LogP contribution in [0.25, 0.3) is 0 Å². The van der Waals surface area contributed by atoms with E-state index < -0.39 is 0 Å². The summed E-state index contributed by atoms with van der Waals surface area (Å²) in [5.41, 5.74) is 6.98. The topological polar surface area (TPSA) is 42.1 Å². The fourth-order valence-electron chi connectivity index (χ4n) is 1.75. The molecule has 84 valence electrons. The normalized spacial score (nSPS) is 18.4. The van der Waals surface area contributed by atoms with Gasteiger partial charge in [0.2, 0.25) is 0 Å². The van der Waals surface area contributed by atoms with Crippen LogP contribution in [0, 0.1) is 0 Å². The molecule has 1 heterocycles. The summed E-state index contributed by atoms with van der Waals surface area (Å²) >= 11 is 1.68. The van der Waals surface area contributed by atoms with Gasteiger partial charge in [0.25, 0.3) is 0 Å². The van der Waals surface area contributed by atoms with E-state index >= 15 is 0 Å². The predicted molar refractivity (Wildman–Crippen MR) is 63.8 cm³/mol. The highest BCUT2D eigenvalue weighted by Gasteiger charge is 2.28. The van der Waals surface area contributed by atoms with Crippen molar-refractivity contribution in [2.75, 3.05) is 6.54 Å². The van der Waals surface area contributed by atoms with Crippen molar-refractivity contribution in [2.45, 2.75) is 45.3 Å². The molecule has 0 radical (unpaired) electrons. The van der Waals surface area contributed by atoms with Crippen molar-refractivity contribution in [3.05, 3.63) is 16.1 Å². The third kappa shape index (κ3) is 2.77. The standard InChI is InChI=1S/C11H19N3S/c1-3-14(10-4-5-10)6-9-7-15-11(13-9)8(2)12/h7-8,10H,3-6,12H2,1-2H3. The van der Waals surface area contributed by atoms with Crippen LogP contribution in [0.15, 0.2) is 5.38 Å². The Kier molecular flexibility index (Phi) is 3.38. The zero-order valence-corrected chi connectivity index (χ0v) is 10.3. The molecule has 3 nitrogen and oxygen atoms in total. The molecule has 15 heavy (non-hydrogen) atoms. The maximum atomic E-state index is 5.80. The molecule has 1 aromatic rings. The number of hydrogen-bond acceptors (Lipinski definition) is 4. The van der Waals surface area contributed by atoms with Crippen LogP contribution in [0.4, 0.5) is 0 Å². The molecule has 0 amide bonds. The molecule has 1 saturated carbocycles. The summed E-state index contributed by atoms with van der Waals surface area (Å²) in [5, 5.41) is 3.20. The maximum absolute atomic E-state index is 5.80. The largest absolute Gasteiger partial charge is 0.322 e. The van der Waals surface area contributed by atoms with E-state index in [0.29, 0.717) is 0 Å². The Morgan fingerprint density at radius 2 is 2.40 bits per heavy atom. The van der Waals surface area contributed by atoms with E-state index in [-0.39, 0.29) is 6.04 Å². The molecule has 0 aliphatic heterocycles. The molecule has 4 heteroatoms. The number of aromatic nitrogens is 1. The van der Waals surface area contributed by atoms with Crippen LogP contribution >= 0.6 is 11.3 Å². The van der Waals surface area contributed by atoms with Crippen molar-refractivity contribution < 1.29 is 0 Å². The molecule has 1 unspecified atom stereocenters. The van der Waals surface area contributed by atoms with Gasteiger partial charge >= 0.3 is 0 Å². The van der Waals surface area contributed by atoms with Gasteiger partial charge in [-0.1, -0.05) is 6.92 Å². The van der Waals surface area contributed by atoms with Crippen LogP contribution in [0.5, 0.6) is 0 Å². The summed E-state index contributed by atoms with van der Waals surface area (Å²) in [4.78, 5) is 7.06. The van der Waals surface area contributed by atoms with Gasteiger partial charge in [0.15, 0.2) is 0 Å². The van der Waals surface area contributed by atoms with Gasteiger partial charge in [-0.25, -0.2) is 4.98 Å². The molecule has 2 N–H and O–H groups in total. The first-order chi connectivity index (χ1) is 7.20. The van der Waals surface area contributed by atoms with Crippen molar-refractivity contribution >= 4 is 11.3 Å². The second kappa shape index (κ2) is 4.60. The van der Waals surface area contributed by atoms with Crippen molar-refractivity contribution in [3.63, 3.8) is 0 Å². The molecule has 1 aromatic heterocycles. The second-order valence-corrected chi connectivity index (χ2v) is 5.15. The minimum atomic E-state index is 0.0692. The first-order valence-corrected chi connectivity index (χ1v) is 6.52. The van der Waals surface area contributed by atoms with Crippen molar-refractivity contribution in [3.8, 4) is 0 Å². The van der Waals surface area contributed by atoms with Gasteiger partial charge in [0.05, 0.1) is 11.7 Å². The first kappa shape index (κ1) is 11.0. The van der Waals surface area contributed by atoms with Gasteiger partial charge in [-0.2, -0.15) is 0 Å². The monoisotopic (exact) mass is 225 g/mol. The summed E-state index contributed by atoms with van der Waals surface area (Å²) in [5.74, 6) is 0. The smallest absolute Gasteiger partial charge is 0.109 e. The third-order valence-corrected chi connectivity index (χ3v) is 3.89. The van der Waals surface area contributed by atoms with E-state index in [4.69, 9.17) is 5.73 Å². The van der Waals surface area contributed by atoms with Crippen molar-refractivity contribution in [2.24, 2.45) is 5.73 Å². The Labute approximate surface area is 95.3 Å². The summed E-state index contributed by atoms with van der Waals surface area (Å²) in [6, 6.07) is 0.884. The summed E-state index contributed by atoms with van der Waals surface area (Å²) in [7, 11) is 0. The Morgan fingerprint density at radius 3 is 2.87 bits per heavy atom. The van der Waals surface area contributed by atoms with Crippen LogP contribution in [-0.2, 0) is 6.54 Å². The molecule has 1 aliphatic rings. The second-order valence-electron chi connectivity index (χ2n) is 4.26. The Hall–Kier alpha value is -0.450. The van der Waals surface area contributed by atoms with Gasteiger partial charge in [-0.3, -0.25) is 4.90 Å². The van der Waals surface area contributed by atoms with E-state index in [1.807, 2.05) is 6.92 Å². The molecule has 2 rings (SSSR count). The zero-order chi connectivity index (χ0) is 10.8. The lowest BCUT2D eigenvalue weighted by Gasteiger charge is -2.17. The number of nitrogens with zero attached hydrogens (tertiary/aromatic N) is 2. The highest BCUT2D eigenvalue weighted by atomic mass is 32.1. The van der Waals surface area contributed by atoms with Gasteiger partial charge in [-0.15, -0.1) is 11.3 Å². The van der Waals surface area contributed by atoms with Crippen molar-refractivity contribution in [1.82, 2.24) is 9.88 Å². The van der Waals surface area contributed by atoms with Crippen LogP contribution in [-0.4, -0.2) is 22.5 Å². The van der Waals surface area contributed by atoms with E-state index in [9.17, 15) is 0 Å².